The third-order valence-electron chi connectivity index (χ3n) is 5.43. The van der Waals surface area contributed by atoms with Gasteiger partial charge in [0.25, 0.3) is 0 Å². The second-order valence-corrected chi connectivity index (χ2v) is 10.2. The molecule has 168 valence electrons. The van der Waals surface area contributed by atoms with Crippen LogP contribution in [0.3, 0.4) is 0 Å². The average molecular weight is 476 g/mol. The molecule has 2 aliphatic rings. The van der Waals surface area contributed by atoms with E-state index in [0.29, 0.717) is 17.2 Å². The van der Waals surface area contributed by atoms with Gasteiger partial charge in [0, 0.05) is 32.1 Å². The highest BCUT2D eigenvalue weighted by atomic mass is 35.5. The van der Waals surface area contributed by atoms with E-state index in [1.807, 2.05) is 6.07 Å². The number of nitrogens with zero attached hydrogens (tertiary/aromatic N) is 5. The Morgan fingerprint density at radius 3 is 2.88 bits per heavy atom. The molecule has 1 unspecified atom stereocenters. The molecule has 0 aliphatic carbocycles. The largest absolute Gasteiger partial charge is 0.379 e. The van der Waals surface area contributed by atoms with Crippen LogP contribution in [0, 0.1) is 0 Å². The van der Waals surface area contributed by atoms with E-state index in [1.54, 1.807) is 0 Å². The lowest BCUT2D eigenvalue weighted by molar-refractivity contribution is 0.0342. The van der Waals surface area contributed by atoms with Crippen molar-refractivity contribution in [3.63, 3.8) is 0 Å². The van der Waals surface area contributed by atoms with E-state index in [2.05, 4.69) is 42.2 Å². The number of aromatic amines is 2. The molecule has 10 nitrogen and oxygen atoms in total. The molecule has 2 N–H and O–H groups in total. The Labute approximate surface area is 189 Å². The topological polar surface area (TPSA) is 120 Å². The number of nitrogens with one attached hydrogen (secondary N) is 2. The number of hydrogen-bond donors (Lipinski definition) is 2. The zero-order valence-corrected chi connectivity index (χ0v) is 18.9. The quantitative estimate of drug-likeness (QED) is 0.542. The third-order valence-corrected chi connectivity index (χ3v) is 6.84. The summed E-state index contributed by atoms with van der Waals surface area (Å²) in [4.78, 5) is 15.9. The van der Waals surface area contributed by atoms with E-state index in [4.69, 9.17) is 16.3 Å². The van der Waals surface area contributed by atoms with Gasteiger partial charge in [-0.1, -0.05) is 17.7 Å². The van der Waals surface area contributed by atoms with Gasteiger partial charge in [-0.25, -0.2) is 13.4 Å². The molecule has 1 aromatic carbocycles. The number of hydrogen-bond acceptors (Lipinski definition) is 8. The molecule has 4 heterocycles. The van der Waals surface area contributed by atoms with Crippen molar-refractivity contribution in [3.8, 4) is 11.5 Å². The highest BCUT2D eigenvalue weighted by Crippen LogP contribution is 2.35. The first-order chi connectivity index (χ1) is 15.4. The van der Waals surface area contributed by atoms with Crippen LogP contribution in [0.2, 0.25) is 0 Å². The van der Waals surface area contributed by atoms with Crippen LogP contribution in [0.25, 0.3) is 22.6 Å². The van der Waals surface area contributed by atoms with Crippen molar-refractivity contribution in [2.45, 2.75) is 12.0 Å². The van der Waals surface area contributed by atoms with Crippen LogP contribution in [0.1, 0.15) is 5.56 Å². The van der Waals surface area contributed by atoms with Crippen LogP contribution in [0.5, 0.6) is 0 Å². The minimum absolute atomic E-state index is 0.224. The highest BCUT2D eigenvalue weighted by molar-refractivity contribution is 7.91. The Hall–Kier alpha value is -2.73. The van der Waals surface area contributed by atoms with Crippen molar-refractivity contribution in [1.29, 1.82) is 0 Å². The van der Waals surface area contributed by atoms with Gasteiger partial charge >= 0.3 is 0 Å². The van der Waals surface area contributed by atoms with Crippen LogP contribution in [0.4, 0.5) is 5.69 Å². The summed E-state index contributed by atoms with van der Waals surface area (Å²) >= 11 is 6.37. The van der Waals surface area contributed by atoms with Gasteiger partial charge in [0.15, 0.2) is 15.7 Å². The molecular weight excluding hydrogens is 454 g/mol. The molecule has 1 fully saturated rings. The van der Waals surface area contributed by atoms with Crippen molar-refractivity contribution < 1.29 is 13.2 Å². The number of morpholine rings is 1. The zero-order chi connectivity index (χ0) is 22.3. The van der Waals surface area contributed by atoms with Crippen molar-refractivity contribution in [1.82, 2.24) is 25.1 Å². The summed E-state index contributed by atoms with van der Waals surface area (Å²) in [7, 11) is -3.56. The zero-order valence-electron chi connectivity index (χ0n) is 17.3. The van der Waals surface area contributed by atoms with Crippen molar-refractivity contribution >= 4 is 44.4 Å². The standard InChI is InChI=1S/C20H22ClN7O3S/c1-32(29,30)20-22-5-4-17(21)28(20)16-11-23-26-18(16)19-24-14-3-2-13(10-15(14)25-19)12-27-6-8-31-9-7-27/h2-5,10-11,20H,6-9,12H2,1H3,(H,23,26)(H,24,25). The maximum atomic E-state index is 12.3. The average Bonchev–Trinajstić information content (AvgIpc) is 3.40. The summed E-state index contributed by atoms with van der Waals surface area (Å²) in [6.07, 6.45) is 5.56. The van der Waals surface area contributed by atoms with E-state index >= 15 is 0 Å². The summed E-state index contributed by atoms with van der Waals surface area (Å²) < 4.78 is 30.1. The minimum Gasteiger partial charge on any atom is -0.379 e. The SMILES string of the molecule is CS(=O)(=O)C1N=CC=C(Cl)N1c1cn[nH]c1-c1nc2ccc(CN3CCOCC3)cc2[nH]1. The van der Waals surface area contributed by atoms with Crippen molar-refractivity contribution in [2.75, 3.05) is 37.5 Å². The predicted octanol–water partition coefficient (Wildman–Crippen LogP) is 2.08. The molecule has 2 aromatic heterocycles. The lowest BCUT2D eigenvalue weighted by atomic mass is 10.2. The highest BCUT2D eigenvalue weighted by Gasteiger charge is 2.34. The first kappa shape index (κ1) is 21.1. The molecule has 1 atom stereocenters. The Bertz CT molecular complexity index is 1310. The fourth-order valence-electron chi connectivity index (χ4n) is 3.89. The van der Waals surface area contributed by atoms with Gasteiger partial charge in [-0.2, -0.15) is 5.10 Å². The Morgan fingerprint density at radius 1 is 1.28 bits per heavy atom. The molecule has 5 rings (SSSR count). The van der Waals surface area contributed by atoms with Crippen LogP contribution >= 0.6 is 11.6 Å². The first-order valence-electron chi connectivity index (χ1n) is 10.1. The van der Waals surface area contributed by atoms with E-state index in [9.17, 15) is 8.42 Å². The molecule has 0 bridgehead atoms. The number of ether oxygens (including phenoxy) is 1. The lowest BCUT2D eigenvalue weighted by Crippen LogP contribution is -2.39. The molecule has 0 spiro atoms. The smallest absolute Gasteiger partial charge is 0.228 e. The van der Waals surface area contributed by atoms with Gasteiger partial charge in [-0.05, 0) is 23.8 Å². The van der Waals surface area contributed by atoms with Crippen molar-refractivity contribution in [3.05, 3.63) is 41.2 Å². The number of imidazole rings is 1. The minimum atomic E-state index is -3.56. The van der Waals surface area contributed by atoms with Crippen molar-refractivity contribution in [2.24, 2.45) is 4.99 Å². The molecule has 0 saturated carbocycles. The molecule has 1 saturated heterocycles. The van der Waals surface area contributed by atoms with E-state index < -0.39 is 15.3 Å². The molecule has 2 aliphatic heterocycles. The monoisotopic (exact) mass is 475 g/mol. The maximum absolute atomic E-state index is 12.3. The third kappa shape index (κ3) is 4.04. The normalized spacial score (nSPS) is 20.1. The van der Waals surface area contributed by atoms with Gasteiger partial charge < -0.3 is 9.72 Å². The molecule has 12 heteroatoms. The fourth-order valence-corrected chi connectivity index (χ4v) is 5.09. The molecule has 3 aromatic rings. The van der Waals surface area contributed by atoms with Gasteiger partial charge in [-0.15, -0.1) is 0 Å². The summed E-state index contributed by atoms with van der Waals surface area (Å²) in [5.41, 5.74) is 2.65. The molecule has 32 heavy (non-hydrogen) atoms. The summed E-state index contributed by atoms with van der Waals surface area (Å²) in [6.45, 7) is 4.18. The van der Waals surface area contributed by atoms with E-state index in [0.717, 1.165) is 50.1 Å². The van der Waals surface area contributed by atoms with Gasteiger partial charge in [-0.3, -0.25) is 19.9 Å². The number of H-pyrrole nitrogens is 2. The van der Waals surface area contributed by atoms with Gasteiger partial charge in [0.05, 0.1) is 36.1 Å². The number of rotatable bonds is 5. The maximum Gasteiger partial charge on any atom is 0.228 e. The Kier molecular flexibility index (Phi) is 5.49. The number of benzene rings is 1. The number of anilines is 1. The number of aromatic nitrogens is 4. The summed E-state index contributed by atoms with van der Waals surface area (Å²) in [5.74, 6) is 0.530. The van der Waals surface area contributed by atoms with E-state index in [1.165, 1.54) is 29.0 Å². The number of halogens is 1. The number of fused-ring (bicyclic) bond motifs is 1. The first-order valence-corrected chi connectivity index (χ1v) is 12.4. The van der Waals surface area contributed by atoms with Gasteiger partial charge in [0.1, 0.15) is 10.9 Å². The second-order valence-electron chi connectivity index (χ2n) is 7.77. The Balaban J connectivity index is 1.48. The number of sulfone groups is 1. The summed E-state index contributed by atoms with van der Waals surface area (Å²) in [6, 6.07) is 6.11. The number of allylic oxidation sites excluding steroid dienone is 1. The van der Waals surface area contributed by atoms with Gasteiger partial charge in [0.2, 0.25) is 5.50 Å². The molecule has 0 radical (unpaired) electrons. The predicted molar refractivity (Wildman–Crippen MR) is 123 cm³/mol. The van der Waals surface area contributed by atoms with Crippen LogP contribution < -0.4 is 4.90 Å². The lowest BCUT2D eigenvalue weighted by Gasteiger charge is -2.30. The molecular formula is C20H22ClN7O3S. The van der Waals surface area contributed by atoms with E-state index in [-0.39, 0.29) is 5.16 Å². The Morgan fingerprint density at radius 2 is 2.09 bits per heavy atom. The fraction of sp³-hybridized carbons (Fsp3) is 0.350. The van der Waals surface area contributed by atoms with Crippen LogP contribution in [-0.4, -0.2) is 77.8 Å². The summed E-state index contributed by atoms with van der Waals surface area (Å²) in [5, 5.41) is 7.25. The van der Waals surface area contributed by atoms with Crippen LogP contribution in [0.15, 0.2) is 40.6 Å². The van der Waals surface area contributed by atoms with Crippen LogP contribution in [-0.2, 0) is 21.1 Å². The number of aliphatic imine (C=N–C) groups is 1. The second kappa shape index (κ2) is 8.32. The molecule has 0 amide bonds.